The Balaban J connectivity index is 1.64. The van der Waals surface area contributed by atoms with E-state index in [4.69, 9.17) is 0 Å². The molecule has 2 aromatic heterocycles. The van der Waals surface area contributed by atoms with E-state index in [9.17, 15) is 9.18 Å². The zero-order chi connectivity index (χ0) is 16.2. The van der Waals surface area contributed by atoms with Gasteiger partial charge in [0.25, 0.3) is 5.91 Å². The number of carbonyl (C=O) groups is 1. The molecule has 1 amide bonds. The molecule has 3 aromatic rings. The van der Waals surface area contributed by atoms with Gasteiger partial charge in [0.2, 0.25) is 0 Å². The van der Waals surface area contributed by atoms with Crippen LogP contribution in [-0.2, 0) is 6.54 Å². The fraction of sp³-hybridized carbons (Fsp3) is 0.133. The van der Waals surface area contributed by atoms with Crippen LogP contribution >= 0.6 is 0 Å². The number of H-pyrrole nitrogens is 1. The molecule has 0 saturated carbocycles. The number of rotatable bonds is 4. The van der Waals surface area contributed by atoms with Crippen LogP contribution in [0.15, 0.2) is 36.7 Å². The number of aryl methyl sites for hydroxylation is 1. The van der Waals surface area contributed by atoms with Crippen molar-refractivity contribution < 1.29 is 9.18 Å². The SMILES string of the molecule is Cc1cnc(C(=O)NCc2nc(-c3ccc(F)cc3)n[nH]2)cn1. The highest BCUT2D eigenvalue weighted by Crippen LogP contribution is 2.14. The normalized spacial score (nSPS) is 10.5. The Morgan fingerprint density at radius 3 is 2.70 bits per heavy atom. The standard InChI is InChI=1S/C15H13FN6O/c1-9-6-18-12(7-17-9)15(23)19-8-13-20-14(22-21-13)10-2-4-11(16)5-3-10/h2-7H,8H2,1H3,(H,19,23)(H,20,21,22). The molecular weight excluding hydrogens is 299 g/mol. The summed E-state index contributed by atoms with van der Waals surface area (Å²) in [5, 5.41) is 9.44. The highest BCUT2D eigenvalue weighted by Gasteiger charge is 2.10. The molecule has 0 aliphatic heterocycles. The summed E-state index contributed by atoms with van der Waals surface area (Å²) < 4.78 is 12.9. The van der Waals surface area contributed by atoms with Crippen molar-refractivity contribution in [1.29, 1.82) is 0 Å². The first kappa shape index (κ1) is 14.8. The topological polar surface area (TPSA) is 96.5 Å². The molecule has 7 nitrogen and oxygen atoms in total. The minimum absolute atomic E-state index is 0.169. The zero-order valence-corrected chi connectivity index (χ0v) is 12.2. The summed E-state index contributed by atoms with van der Waals surface area (Å²) in [4.78, 5) is 24.2. The molecule has 0 radical (unpaired) electrons. The number of amides is 1. The Morgan fingerprint density at radius 1 is 1.22 bits per heavy atom. The molecule has 0 fully saturated rings. The van der Waals surface area contributed by atoms with E-state index in [2.05, 4.69) is 30.5 Å². The van der Waals surface area contributed by atoms with Crippen LogP contribution in [0.4, 0.5) is 4.39 Å². The van der Waals surface area contributed by atoms with E-state index in [0.717, 1.165) is 5.69 Å². The Labute approximate surface area is 131 Å². The van der Waals surface area contributed by atoms with E-state index in [1.165, 1.54) is 24.5 Å². The van der Waals surface area contributed by atoms with Crippen LogP contribution in [0.1, 0.15) is 22.0 Å². The van der Waals surface area contributed by atoms with Gasteiger partial charge in [0.1, 0.15) is 17.3 Å². The number of benzene rings is 1. The molecular formula is C15H13FN6O. The summed E-state index contributed by atoms with van der Waals surface area (Å²) in [5.41, 5.74) is 1.65. The van der Waals surface area contributed by atoms with Crippen LogP contribution in [0.5, 0.6) is 0 Å². The number of nitrogens with zero attached hydrogens (tertiary/aromatic N) is 4. The third-order valence-electron chi connectivity index (χ3n) is 3.06. The summed E-state index contributed by atoms with van der Waals surface area (Å²) in [6, 6.07) is 5.85. The minimum atomic E-state index is -0.350. The van der Waals surface area contributed by atoms with Crippen LogP contribution in [-0.4, -0.2) is 31.1 Å². The smallest absolute Gasteiger partial charge is 0.271 e. The molecule has 0 unspecified atom stereocenters. The Morgan fingerprint density at radius 2 is 2.00 bits per heavy atom. The molecule has 3 rings (SSSR count). The van der Waals surface area contributed by atoms with Gasteiger partial charge < -0.3 is 5.32 Å². The quantitative estimate of drug-likeness (QED) is 0.763. The zero-order valence-electron chi connectivity index (χ0n) is 12.2. The molecule has 1 aromatic carbocycles. The van der Waals surface area contributed by atoms with Crippen molar-refractivity contribution in [2.45, 2.75) is 13.5 Å². The molecule has 0 spiro atoms. The lowest BCUT2D eigenvalue weighted by Gasteiger charge is -2.01. The molecule has 0 saturated heterocycles. The number of nitrogens with one attached hydrogen (secondary N) is 2. The van der Waals surface area contributed by atoms with Crippen LogP contribution in [0, 0.1) is 12.7 Å². The Hall–Kier alpha value is -3.16. The molecule has 8 heteroatoms. The molecule has 0 aliphatic carbocycles. The fourth-order valence-corrected chi connectivity index (χ4v) is 1.87. The van der Waals surface area contributed by atoms with Crippen molar-refractivity contribution in [3.05, 3.63) is 59.7 Å². The van der Waals surface area contributed by atoms with Gasteiger partial charge in [-0.3, -0.25) is 14.9 Å². The van der Waals surface area contributed by atoms with Crippen LogP contribution in [0.25, 0.3) is 11.4 Å². The average Bonchev–Trinajstić information content (AvgIpc) is 3.03. The monoisotopic (exact) mass is 312 g/mol. The maximum absolute atomic E-state index is 12.9. The van der Waals surface area contributed by atoms with Crippen molar-refractivity contribution in [2.75, 3.05) is 0 Å². The summed E-state index contributed by atoms with van der Waals surface area (Å²) in [5.74, 6) is 0.246. The predicted octanol–water partition coefficient (Wildman–Crippen LogP) is 1.64. The third-order valence-corrected chi connectivity index (χ3v) is 3.06. The van der Waals surface area contributed by atoms with Crippen molar-refractivity contribution in [1.82, 2.24) is 30.5 Å². The van der Waals surface area contributed by atoms with Crippen LogP contribution < -0.4 is 5.32 Å². The maximum atomic E-state index is 12.9. The molecule has 0 aliphatic rings. The van der Waals surface area contributed by atoms with E-state index in [1.807, 2.05) is 0 Å². The van der Waals surface area contributed by atoms with E-state index in [-0.39, 0.29) is 24.0 Å². The second kappa shape index (κ2) is 6.30. The lowest BCUT2D eigenvalue weighted by molar-refractivity contribution is 0.0944. The summed E-state index contributed by atoms with van der Waals surface area (Å²) >= 11 is 0. The predicted molar refractivity (Wildman–Crippen MR) is 79.7 cm³/mol. The highest BCUT2D eigenvalue weighted by molar-refractivity contribution is 5.91. The van der Waals surface area contributed by atoms with E-state index in [1.54, 1.807) is 19.1 Å². The number of hydrogen-bond donors (Lipinski definition) is 2. The van der Waals surface area contributed by atoms with E-state index >= 15 is 0 Å². The number of halogens is 1. The van der Waals surface area contributed by atoms with E-state index in [0.29, 0.717) is 17.2 Å². The summed E-state index contributed by atoms with van der Waals surface area (Å²) in [7, 11) is 0. The molecule has 2 N–H and O–H groups in total. The number of aromatic nitrogens is 5. The molecule has 23 heavy (non-hydrogen) atoms. The first-order valence-electron chi connectivity index (χ1n) is 6.86. The maximum Gasteiger partial charge on any atom is 0.271 e. The first-order chi connectivity index (χ1) is 11.1. The first-order valence-corrected chi connectivity index (χ1v) is 6.86. The minimum Gasteiger partial charge on any atom is -0.343 e. The van der Waals surface area contributed by atoms with Crippen molar-refractivity contribution in [2.24, 2.45) is 0 Å². The van der Waals surface area contributed by atoms with Crippen LogP contribution in [0.2, 0.25) is 0 Å². The van der Waals surface area contributed by atoms with Gasteiger partial charge in [-0.25, -0.2) is 14.4 Å². The second-order valence-electron chi connectivity index (χ2n) is 4.84. The third kappa shape index (κ3) is 3.54. The molecule has 0 atom stereocenters. The summed E-state index contributed by atoms with van der Waals surface area (Å²) in [6.45, 7) is 1.96. The largest absolute Gasteiger partial charge is 0.343 e. The van der Waals surface area contributed by atoms with Crippen molar-refractivity contribution in [3.63, 3.8) is 0 Å². The lowest BCUT2D eigenvalue weighted by atomic mass is 10.2. The molecule has 2 heterocycles. The van der Waals surface area contributed by atoms with Crippen molar-refractivity contribution >= 4 is 5.91 Å². The van der Waals surface area contributed by atoms with Crippen molar-refractivity contribution in [3.8, 4) is 11.4 Å². The van der Waals surface area contributed by atoms with E-state index < -0.39 is 0 Å². The fourth-order valence-electron chi connectivity index (χ4n) is 1.87. The molecule has 0 bridgehead atoms. The van der Waals surface area contributed by atoms with Gasteiger partial charge >= 0.3 is 0 Å². The Kier molecular flexibility index (Phi) is 4.05. The lowest BCUT2D eigenvalue weighted by Crippen LogP contribution is -2.24. The Bertz CT molecular complexity index is 813. The van der Waals surface area contributed by atoms with Gasteiger partial charge in [-0.1, -0.05) is 0 Å². The van der Waals surface area contributed by atoms with Gasteiger partial charge in [-0.05, 0) is 31.2 Å². The number of aromatic amines is 1. The van der Waals surface area contributed by atoms with Gasteiger partial charge in [0.15, 0.2) is 5.82 Å². The average molecular weight is 312 g/mol. The second-order valence-corrected chi connectivity index (χ2v) is 4.84. The highest BCUT2D eigenvalue weighted by atomic mass is 19.1. The van der Waals surface area contributed by atoms with Gasteiger partial charge in [0.05, 0.1) is 18.4 Å². The summed E-state index contributed by atoms with van der Waals surface area (Å²) in [6.07, 6.45) is 2.94. The van der Waals surface area contributed by atoms with Crippen LogP contribution in [0.3, 0.4) is 0 Å². The number of carbonyl (C=O) groups excluding carboxylic acids is 1. The number of hydrogen-bond acceptors (Lipinski definition) is 5. The van der Waals surface area contributed by atoms with Gasteiger partial charge in [-0.15, -0.1) is 0 Å². The van der Waals surface area contributed by atoms with Gasteiger partial charge in [0, 0.05) is 11.8 Å². The molecule has 116 valence electrons. The van der Waals surface area contributed by atoms with Gasteiger partial charge in [-0.2, -0.15) is 5.10 Å².